The molecule has 10 unspecified atom stereocenters. The van der Waals surface area contributed by atoms with Gasteiger partial charge in [-0.1, -0.05) is 12.2 Å². The van der Waals surface area contributed by atoms with Gasteiger partial charge in [0.1, 0.15) is 117 Å². The van der Waals surface area contributed by atoms with Crippen LogP contribution in [0.25, 0.3) is 0 Å². The molecule has 5 heterocycles. The zero-order valence-electron chi connectivity index (χ0n) is 48.2. The van der Waals surface area contributed by atoms with Crippen LogP contribution in [0.15, 0.2) is 24.3 Å². The summed E-state index contributed by atoms with van der Waals surface area (Å²) >= 11 is 0. The van der Waals surface area contributed by atoms with Gasteiger partial charge in [-0.3, -0.25) is 0 Å². The van der Waals surface area contributed by atoms with Gasteiger partial charge >= 0.3 is 11.9 Å². The number of hydrogen-bond acceptors (Lipinski definition) is 29. The van der Waals surface area contributed by atoms with Crippen molar-refractivity contribution in [3.8, 4) is 0 Å². The van der Waals surface area contributed by atoms with Crippen LogP contribution >= 0.6 is 0 Å². The second kappa shape index (κ2) is 30.4. The fourth-order valence-corrected chi connectivity index (χ4v) is 13.6. The van der Waals surface area contributed by atoms with Gasteiger partial charge < -0.3 is 139 Å². The molecule has 5 aliphatic heterocycles. The lowest BCUT2D eigenvalue weighted by atomic mass is 9.72. The SMILES string of the molecule is C[C@@H]1O[C@@H](OC[C@H]2O[C@@H](OC3CC4C(O)CC(O[C@@H]5O[C@H](COC(=O)C=CC6CCC(O)CC6)[C@@H](O)[C@H](O)[C@H]5O)CC4[OH+]C3C3CC(O)C(O)C(O[C@@H]4O[C@H](COC(=O)C=CC5CCC(O)CC5)[C@@H](O)[C@H](O)[C@H]4O)C3)[C@H](O)[C@@H](O)[C@@H]2O)[C@H](O)[C@H](O)[C@H]1O. The van der Waals surface area contributed by atoms with Crippen LogP contribution in [0.5, 0.6) is 0 Å². The highest BCUT2D eigenvalue weighted by Crippen LogP contribution is 2.45. The molecule has 0 bridgehead atoms. The maximum absolute atomic E-state index is 12.7. The molecule has 0 spiro atoms. The number of aliphatic hydroxyl groups is 19. The largest absolute Gasteiger partial charge is 0.460 e. The topological polar surface area (TPSA) is 483 Å². The summed E-state index contributed by atoms with van der Waals surface area (Å²) in [5.74, 6) is -3.10. The van der Waals surface area contributed by atoms with E-state index in [-0.39, 0.29) is 43.9 Å². The van der Waals surface area contributed by atoms with Gasteiger partial charge in [0.2, 0.25) is 0 Å². The van der Waals surface area contributed by atoms with Crippen molar-refractivity contribution in [2.45, 2.75) is 274 Å². The van der Waals surface area contributed by atoms with Gasteiger partial charge in [-0.15, -0.1) is 0 Å². The molecule has 30 heteroatoms. The normalized spacial score (nSPS) is 50.1. The number of aliphatic hydroxyl groups excluding tert-OH is 17. The molecule has 0 aromatic heterocycles. The first-order valence-corrected chi connectivity index (χ1v) is 30.5. The zero-order chi connectivity index (χ0) is 62.7. The smallest absolute Gasteiger partial charge is 0.330 e. The van der Waals surface area contributed by atoms with Gasteiger partial charge in [0, 0.05) is 30.9 Å². The van der Waals surface area contributed by atoms with Crippen LogP contribution in [0.1, 0.15) is 90.4 Å². The molecule has 87 heavy (non-hydrogen) atoms. The quantitative estimate of drug-likeness (QED) is 0.0345. The van der Waals surface area contributed by atoms with E-state index in [1.54, 1.807) is 12.2 Å². The summed E-state index contributed by atoms with van der Waals surface area (Å²) in [5.41, 5.74) is 0. The predicted molar refractivity (Wildman–Crippen MR) is 287 cm³/mol. The monoisotopic (exact) mass is 1260 g/mol. The first-order valence-electron chi connectivity index (χ1n) is 30.5. The van der Waals surface area contributed by atoms with E-state index < -0.39 is 227 Å². The Labute approximate surface area is 501 Å². The lowest BCUT2D eigenvalue weighted by Gasteiger charge is -2.50. The number of rotatable bonds is 18. The summed E-state index contributed by atoms with van der Waals surface area (Å²) < 4.78 is 63.6. The van der Waals surface area contributed by atoms with Gasteiger partial charge in [-0.2, -0.15) is 0 Å². The summed E-state index contributed by atoms with van der Waals surface area (Å²) in [5, 5.41) is 185. The lowest BCUT2D eigenvalue weighted by molar-refractivity contribution is -0.369. The van der Waals surface area contributed by atoms with Crippen LogP contribution in [0, 0.1) is 23.7 Å². The van der Waals surface area contributed by atoms with Crippen LogP contribution in [0.3, 0.4) is 0 Å². The Kier molecular flexibility index (Phi) is 24.0. The number of allylic oxidation sites excluding steroid dienone is 2. The Morgan fingerprint density at radius 1 is 0.437 bits per heavy atom. The van der Waals surface area contributed by atoms with E-state index in [0.717, 1.165) is 0 Å². The molecule has 0 radical (unpaired) electrons. The maximum atomic E-state index is 12.7. The Hall–Kier alpha value is -2.62. The zero-order valence-corrected chi connectivity index (χ0v) is 48.2. The third-order valence-corrected chi connectivity index (χ3v) is 19.0. The summed E-state index contributed by atoms with van der Waals surface area (Å²) in [6.07, 6.45) is -34.4. The minimum absolute atomic E-state index is 0.0116. The van der Waals surface area contributed by atoms with Crippen molar-refractivity contribution in [1.29, 1.82) is 0 Å². The maximum Gasteiger partial charge on any atom is 0.330 e. The Morgan fingerprint density at radius 3 is 1.39 bits per heavy atom. The van der Waals surface area contributed by atoms with Crippen LogP contribution in [-0.4, -0.2) is 307 Å². The second-order valence-corrected chi connectivity index (χ2v) is 25.2. The highest BCUT2D eigenvalue weighted by molar-refractivity contribution is 5.82. The van der Waals surface area contributed by atoms with E-state index in [1.165, 1.54) is 19.1 Å². The van der Waals surface area contributed by atoms with Crippen molar-refractivity contribution in [3.05, 3.63) is 24.3 Å². The minimum Gasteiger partial charge on any atom is -0.460 e. The molecule has 30 atom stereocenters. The highest BCUT2D eigenvalue weighted by Gasteiger charge is 2.58. The Morgan fingerprint density at radius 2 is 0.885 bits per heavy atom. The van der Waals surface area contributed by atoms with Gasteiger partial charge in [-0.05, 0) is 89.4 Å². The van der Waals surface area contributed by atoms with E-state index in [1.807, 2.05) is 0 Å². The van der Waals surface area contributed by atoms with Crippen molar-refractivity contribution in [3.63, 3.8) is 0 Å². The second-order valence-electron chi connectivity index (χ2n) is 25.2. The van der Waals surface area contributed by atoms with Crippen molar-refractivity contribution in [2.75, 3.05) is 19.8 Å². The molecule has 18 N–H and O–H groups in total. The number of esters is 2. The third-order valence-electron chi connectivity index (χ3n) is 19.0. The number of carbonyl (C=O) groups excluding carboxylic acids is 2. The number of ether oxygens (including phenoxy) is 11. The summed E-state index contributed by atoms with van der Waals surface area (Å²) in [7, 11) is 0. The number of hydrogen-bond donors (Lipinski definition) is 17. The average molecular weight is 1260 g/mol. The number of fused-ring (bicyclic) bond motifs is 1. The van der Waals surface area contributed by atoms with Crippen LogP contribution in [-0.2, 0) is 57.0 Å². The molecular formula is C57H91O30+. The van der Waals surface area contributed by atoms with E-state index in [4.69, 9.17) is 52.1 Å². The molecule has 30 nitrogen and oxygen atoms in total. The molecule has 4 saturated carbocycles. The molecule has 4 aliphatic carbocycles. The van der Waals surface area contributed by atoms with E-state index in [9.17, 15) is 96.4 Å². The van der Waals surface area contributed by atoms with Crippen LogP contribution < -0.4 is 0 Å². The summed E-state index contributed by atoms with van der Waals surface area (Å²) in [6, 6.07) is 0. The van der Waals surface area contributed by atoms with E-state index in [0.29, 0.717) is 51.4 Å². The van der Waals surface area contributed by atoms with Crippen molar-refractivity contribution >= 4 is 11.9 Å². The molecular weight excluding hydrogens is 1160 g/mol. The summed E-state index contributed by atoms with van der Waals surface area (Å²) in [6.45, 7) is -0.367. The molecule has 9 rings (SSSR count). The molecule has 0 aromatic carbocycles. The lowest BCUT2D eigenvalue weighted by Crippen LogP contribution is -2.64. The van der Waals surface area contributed by atoms with E-state index in [2.05, 4.69) is 0 Å². The van der Waals surface area contributed by atoms with Crippen LogP contribution in [0.2, 0.25) is 0 Å². The van der Waals surface area contributed by atoms with Gasteiger partial charge in [-0.25, -0.2) is 9.59 Å². The Balaban J connectivity index is 0.898. The third kappa shape index (κ3) is 16.6. The van der Waals surface area contributed by atoms with Gasteiger partial charge in [0.05, 0.1) is 55.3 Å². The van der Waals surface area contributed by atoms with Gasteiger partial charge in [0.25, 0.3) is 0 Å². The molecule has 9 fully saturated rings. The Bertz CT molecular complexity index is 2230. The van der Waals surface area contributed by atoms with Crippen molar-refractivity contribution < 1.29 is 149 Å². The molecule has 5 saturated heterocycles. The molecule has 9 aliphatic rings. The minimum atomic E-state index is -1.95. The van der Waals surface area contributed by atoms with E-state index >= 15 is 0 Å². The van der Waals surface area contributed by atoms with Crippen molar-refractivity contribution in [2.24, 2.45) is 23.7 Å². The summed E-state index contributed by atoms with van der Waals surface area (Å²) in [4.78, 5) is 25.5. The van der Waals surface area contributed by atoms with Gasteiger partial charge in [0.15, 0.2) is 37.4 Å². The molecule has 0 amide bonds. The van der Waals surface area contributed by atoms with Crippen molar-refractivity contribution in [1.82, 2.24) is 0 Å². The average Bonchev–Trinajstić information content (AvgIpc) is 1.05. The highest BCUT2D eigenvalue weighted by atomic mass is 16.7. The first kappa shape index (κ1) is 68.7. The number of carbonyl (C=O) groups is 2. The first-order chi connectivity index (χ1) is 41.3. The molecule has 0 aromatic rings. The fourth-order valence-electron chi connectivity index (χ4n) is 13.6. The van der Waals surface area contributed by atoms with Crippen LogP contribution in [0.4, 0.5) is 0 Å². The molecule has 498 valence electrons. The fraction of sp³-hybridized carbons (Fsp3) is 0.895. The predicted octanol–water partition coefficient (Wildman–Crippen LogP) is -6.72. The standard InChI is InChI=1S/C57H90O30/c1-22-40(64)45(69)49(73)54(80-22)79-21-37-44(68)48(72)52(76)57(87-37)84-34-18-29-30(60)16-28(81-55-50(74)46(70)42(66)35(85-55)19-77-38(62)12-6-23-2-8-26(58)9-3-23)17-32(29)82-53(34)25-14-31(61)41(65)33(15-25)83-56-51(75)47(71)43(67)36(86-56)20-78-39(63)13-7-24-4-10-27(59)11-5-24/h6-7,12-13,22-37,40-61,64-76H,2-5,8-11,14-21H2,1H3/p+1/t22-,23?,24?,25?,26?,27?,28?,29?,30?,31?,32?,33?,34?,35+,36+,37+,40-,41?,42+,43+,44+,45+,46-,47-,48-,49+,50+,51+,52+,53?,54+,55+,56+,57+/m0/s1.